The summed E-state index contributed by atoms with van der Waals surface area (Å²) in [5, 5.41) is 4.02. The number of amides is 2. The third-order valence-corrected chi connectivity index (χ3v) is 8.75. The predicted octanol–water partition coefficient (Wildman–Crippen LogP) is 6.44. The van der Waals surface area contributed by atoms with Crippen molar-refractivity contribution < 1.29 is 18.0 Å². The van der Waals surface area contributed by atoms with E-state index in [1.807, 2.05) is 0 Å². The van der Waals surface area contributed by atoms with Gasteiger partial charge in [0.1, 0.15) is 12.6 Å². The molecular formula is C27H27Cl4N3O4S. The monoisotopic (exact) mass is 629 g/mol. The van der Waals surface area contributed by atoms with Gasteiger partial charge in [0.05, 0.1) is 10.6 Å². The molecule has 1 N–H and O–H groups in total. The van der Waals surface area contributed by atoms with E-state index in [1.54, 1.807) is 51.1 Å². The highest BCUT2D eigenvalue weighted by atomic mass is 35.5. The van der Waals surface area contributed by atoms with Crippen LogP contribution in [0.25, 0.3) is 0 Å². The first-order valence-corrected chi connectivity index (χ1v) is 14.8. The fourth-order valence-corrected chi connectivity index (χ4v) is 5.97. The maximum Gasteiger partial charge on any atom is 0.264 e. The van der Waals surface area contributed by atoms with E-state index in [1.165, 1.54) is 41.3 Å². The quantitative estimate of drug-likeness (QED) is 0.279. The van der Waals surface area contributed by atoms with Gasteiger partial charge < -0.3 is 10.2 Å². The van der Waals surface area contributed by atoms with Gasteiger partial charge in [0.15, 0.2) is 0 Å². The van der Waals surface area contributed by atoms with Crippen LogP contribution in [0.5, 0.6) is 0 Å². The summed E-state index contributed by atoms with van der Waals surface area (Å²) in [7, 11) is -4.25. The van der Waals surface area contributed by atoms with Crippen LogP contribution < -0.4 is 9.62 Å². The van der Waals surface area contributed by atoms with Crippen molar-refractivity contribution >= 4 is 73.9 Å². The Kier molecular flexibility index (Phi) is 10.5. The van der Waals surface area contributed by atoms with Crippen molar-refractivity contribution in [3.05, 3.63) is 92.4 Å². The fraction of sp³-hybridized carbons (Fsp3) is 0.259. The Labute approximate surface area is 248 Å². The number of halogens is 4. The van der Waals surface area contributed by atoms with Gasteiger partial charge in [0, 0.05) is 38.2 Å². The highest BCUT2D eigenvalue weighted by molar-refractivity contribution is 7.92. The first kappa shape index (κ1) is 31.0. The lowest BCUT2D eigenvalue weighted by atomic mass is 10.1. The van der Waals surface area contributed by atoms with Gasteiger partial charge >= 0.3 is 0 Å². The van der Waals surface area contributed by atoms with Crippen LogP contribution in [0.4, 0.5) is 5.69 Å². The van der Waals surface area contributed by atoms with E-state index in [-0.39, 0.29) is 28.2 Å². The van der Waals surface area contributed by atoms with Gasteiger partial charge in [0.2, 0.25) is 11.8 Å². The second kappa shape index (κ2) is 13.2. The van der Waals surface area contributed by atoms with Crippen LogP contribution in [0.1, 0.15) is 26.3 Å². The number of nitrogens with zero attached hydrogens (tertiary/aromatic N) is 2. The molecular weight excluding hydrogens is 604 g/mol. The summed E-state index contributed by atoms with van der Waals surface area (Å²) in [6.07, 6.45) is 0. The molecule has 7 nitrogen and oxygen atoms in total. The molecule has 208 valence electrons. The zero-order valence-electron chi connectivity index (χ0n) is 21.4. The van der Waals surface area contributed by atoms with E-state index in [4.69, 9.17) is 46.4 Å². The van der Waals surface area contributed by atoms with Crippen molar-refractivity contribution in [3.63, 3.8) is 0 Å². The number of hydrogen-bond donors (Lipinski definition) is 1. The molecule has 3 aromatic carbocycles. The second-order valence-electron chi connectivity index (χ2n) is 9.01. The lowest BCUT2D eigenvalue weighted by Gasteiger charge is -2.32. The third kappa shape index (κ3) is 7.80. The van der Waals surface area contributed by atoms with Crippen molar-refractivity contribution in [2.75, 3.05) is 10.8 Å². The maximum absolute atomic E-state index is 13.9. The highest BCUT2D eigenvalue weighted by Gasteiger charge is 2.33. The SMILES string of the molecule is CC(C)NC(=O)C(C)N(Cc1c(Cl)cccc1Cl)C(=O)CN(c1cccc(Cl)c1)S(=O)(=O)c1ccc(Cl)cc1. The zero-order chi connectivity index (χ0) is 28.9. The van der Waals surface area contributed by atoms with Crippen molar-refractivity contribution in [3.8, 4) is 0 Å². The molecule has 0 saturated carbocycles. The Morgan fingerprint density at radius 1 is 0.846 bits per heavy atom. The van der Waals surface area contributed by atoms with Gasteiger partial charge in [-0.05, 0) is 75.4 Å². The van der Waals surface area contributed by atoms with Crippen LogP contribution in [0.2, 0.25) is 20.1 Å². The van der Waals surface area contributed by atoms with Crippen LogP contribution in [0, 0.1) is 0 Å². The minimum atomic E-state index is -4.25. The molecule has 0 spiro atoms. The molecule has 2 amide bonds. The molecule has 0 saturated heterocycles. The van der Waals surface area contributed by atoms with E-state index in [9.17, 15) is 18.0 Å². The minimum absolute atomic E-state index is 0.0778. The zero-order valence-corrected chi connectivity index (χ0v) is 25.2. The molecule has 39 heavy (non-hydrogen) atoms. The molecule has 0 heterocycles. The molecule has 1 unspecified atom stereocenters. The molecule has 0 aliphatic heterocycles. The first-order chi connectivity index (χ1) is 18.3. The van der Waals surface area contributed by atoms with Gasteiger partial charge in [-0.2, -0.15) is 0 Å². The summed E-state index contributed by atoms with van der Waals surface area (Å²) in [6.45, 7) is 4.38. The van der Waals surface area contributed by atoms with Crippen LogP contribution >= 0.6 is 46.4 Å². The summed E-state index contributed by atoms with van der Waals surface area (Å²) < 4.78 is 28.5. The van der Waals surface area contributed by atoms with Crippen molar-refractivity contribution in [1.82, 2.24) is 10.2 Å². The molecule has 0 radical (unpaired) electrons. The summed E-state index contributed by atoms with van der Waals surface area (Å²) in [5.74, 6) is -1.08. The minimum Gasteiger partial charge on any atom is -0.352 e. The van der Waals surface area contributed by atoms with Crippen molar-refractivity contribution in [2.24, 2.45) is 0 Å². The number of carbonyl (C=O) groups excluding carboxylic acids is 2. The number of anilines is 1. The molecule has 12 heteroatoms. The molecule has 0 aliphatic carbocycles. The van der Waals surface area contributed by atoms with Crippen LogP contribution in [-0.4, -0.2) is 43.8 Å². The van der Waals surface area contributed by atoms with Crippen molar-refractivity contribution in [2.45, 2.75) is 44.3 Å². The fourth-order valence-electron chi connectivity index (χ4n) is 3.74. The summed E-state index contributed by atoms with van der Waals surface area (Å²) in [4.78, 5) is 28.1. The van der Waals surface area contributed by atoms with Gasteiger partial charge in [-0.15, -0.1) is 0 Å². The molecule has 0 aromatic heterocycles. The first-order valence-electron chi connectivity index (χ1n) is 11.9. The lowest BCUT2D eigenvalue weighted by Crippen LogP contribution is -2.52. The topological polar surface area (TPSA) is 86.8 Å². The van der Waals surface area contributed by atoms with E-state index < -0.39 is 34.4 Å². The molecule has 0 fully saturated rings. The number of benzene rings is 3. The lowest BCUT2D eigenvalue weighted by molar-refractivity contribution is -0.139. The van der Waals surface area contributed by atoms with Gasteiger partial charge in [-0.25, -0.2) is 8.42 Å². The van der Waals surface area contributed by atoms with Gasteiger partial charge in [-0.1, -0.05) is 58.5 Å². The number of nitrogens with one attached hydrogen (secondary N) is 1. The Morgan fingerprint density at radius 2 is 1.44 bits per heavy atom. The Hall–Kier alpha value is -2.49. The van der Waals surface area contributed by atoms with E-state index in [2.05, 4.69) is 5.32 Å². The number of carbonyl (C=O) groups is 2. The summed E-state index contributed by atoms with van der Waals surface area (Å²) in [6, 6.07) is 15.4. The van der Waals surface area contributed by atoms with Gasteiger partial charge in [-0.3, -0.25) is 13.9 Å². The van der Waals surface area contributed by atoms with Crippen LogP contribution in [0.15, 0.2) is 71.6 Å². The number of rotatable bonds is 10. The molecule has 0 bridgehead atoms. The standard InChI is InChI=1S/C27H27Cl4N3O4S/c1-17(2)32-27(36)18(3)33(15-23-24(30)8-5-9-25(23)31)26(35)16-34(21-7-4-6-20(29)14-21)39(37,38)22-12-10-19(28)11-13-22/h4-14,17-18H,15-16H2,1-3H3,(H,32,36). The Bertz CT molecular complexity index is 1430. The Balaban J connectivity index is 2.07. The van der Waals surface area contributed by atoms with Gasteiger partial charge in [0.25, 0.3) is 10.0 Å². The van der Waals surface area contributed by atoms with Crippen molar-refractivity contribution in [1.29, 1.82) is 0 Å². The molecule has 3 rings (SSSR count). The van der Waals surface area contributed by atoms with Crippen LogP contribution in [-0.2, 0) is 26.2 Å². The molecule has 3 aromatic rings. The number of sulfonamides is 1. The van der Waals surface area contributed by atoms with E-state index in [0.717, 1.165) is 4.31 Å². The largest absolute Gasteiger partial charge is 0.352 e. The molecule has 1 atom stereocenters. The van der Waals surface area contributed by atoms with E-state index in [0.29, 0.717) is 20.6 Å². The molecule has 0 aliphatic rings. The highest BCUT2D eigenvalue weighted by Crippen LogP contribution is 2.29. The van der Waals surface area contributed by atoms with E-state index >= 15 is 0 Å². The number of hydrogen-bond acceptors (Lipinski definition) is 4. The second-order valence-corrected chi connectivity index (χ2v) is 12.6. The summed E-state index contributed by atoms with van der Waals surface area (Å²) in [5.41, 5.74) is 0.592. The Morgan fingerprint density at radius 3 is 2.00 bits per heavy atom. The average Bonchev–Trinajstić information content (AvgIpc) is 2.86. The normalized spacial score (nSPS) is 12.2. The predicted molar refractivity (Wildman–Crippen MR) is 157 cm³/mol. The van der Waals surface area contributed by atoms with Crippen LogP contribution in [0.3, 0.4) is 0 Å². The average molecular weight is 631 g/mol. The maximum atomic E-state index is 13.9. The summed E-state index contributed by atoms with van der Waals surface area (Å²) >= 11 is 24.9. The third-order valence-electron chi connectivity index (χ3n) is 5.77. The smallest absolute Gasteiger partial charge is 0.264 e.